The molecular formula is C15H30IN3O2. The van der Waals surface area contributed by atoms with Gasteiger partial charge in [-0.3, -0.25) is 4.99 Å². The summed E-state index contributed by atoms with van der Waals surface area (Å²) in [6.07, 6.45) is 6.00. The monoisotopic (exact) mass is 411 g/mol. The average molecular weight is 411 g/mol. The molecule has 2 aliphatic heterocycles. The molecule has 0 amide bonds. The van der Waals surface area contributed by atoms with Crippen LogP contribution >= 0.6 is 24.0 Å². The smallest absolute Gasteiger partial charge is 0.191 e. The van der Waals surface area contributed by atoms with Crippen molar-refractivity contribution in [3.8, 4) is 0 Å². The summed E-state index contributed by atoms with van der Waals surface area (Å²) in [6.45, 7) is 7.51. The molecule has 21 heavy (non-hydrogen) atoms. The van der Waals surface area contributed by atoms with Crippen molar-refractivity contribution in [3.63, 3.8) is 0 Å². The Kier molecular flexibility index (Phi) is 9.59. The number of likely N-dealkylation sites (tertiary alicyclic amines) is 1. The fourth-order valence-corrected chi connectivity index (χ4v) is 2.69. The van der Waals surface area contributed by atoms with Gasteiger partial charge in [0.15, 0.2) is 5.96 Å². The molecule has 2 heterocycles. The number of hydrogen-bond acceptors (Lipinski definition) is 3. The molecule has 124 valence electrons. The van der Waals surface area contributed by atoms with E-state index < -0.39 is 0 Å². The minimum atomic E-state index is 0. The summed E-state index contributed by atoms with van der Waals surface area (Å²) in [4.78, 5) is 6.65. The van der Waals surface area contributed by atoms with Crippen molar-refractivity contribution in [1.82, 2.24) is 4.90 Å². The number of halogens is 1. The van der Waals surface area contributed by atoms with Crippen molar-refractivity contribution in [2.45, 2.75) is 45.1 Å². The van der Waals surface area contributed by atoms with Crippen molar-refractivity contribution in [3.05, 3.63) is 0 Å². The van der Waals surface area contributed by atoms with E-state index in [0.29, 0.717) is 12.1 Å². The summed E-state index contributed by atoms with van der Waals surface area (Å²) in [7, 11) is 0. The van der Waals surface area contributed by atoms with E-state index in [4.69, 9.17) is 15.2 Å². The zero-order chi connectivity index (χ0) is 14.2. The van der Waals surface area contributed by atoms with E-state index in [2.05, 4.69) is 16.8 Å². The number of ether oxygens (including phenoxy) is 2. The third-order valence-corrected chi connectivity index (χ3v) is 4.16. The molecule has 2 N–H and O–H groups in total. The lowest BCUT2D eigenvalue weighted by atomic mass is 10.00. The number of nitrogens with two attached hydrogens (primary N) is 1. The van der Waals surface area contributed by atoms with Crippen LogP contribution in [0.2, 0.25) is 0 Å². The molecule has 0 aromatic heterocycles. The maximum absolute atomic E-state index is 6.02. The van der Waals surface area contributed by atoms with Crippen molar-refractivity contribution < 1.29 is 9.47 Å². The number of rotatable bonds is 6. The Bertz CT molecular complexity index is 301. The lowest BCUT2D eigenvalue weighted by Crippen LogP contribution is -2.42. The fraction of sp³-hybridized carbons (Fsp3) is 0.933. The predicted molar refractivity (Wildman–Crippen MR) is 96.3 cm³/mol. The summed E-state index contributed by atoms with van der Waals surface area (Å²) < 4.78 is 11.1. The quantitative estimate of drug-likeness (QED) is 0.315. The van der Waals surface area contributed by atoms with Crippen LogP contribution in [0.3, 0.4) is 0 Å². The molecule has 0 bridgehead atoms. The molecular weight excluding hydrogens is 381 g/mol. The molecule has 1 unspecified atom stereocenters. The summed E-state index contributed by atoms with van der Waals surface area (Å²) in [5.41, 5.74) is 6.02. The molecule has 6 heteroatoms. The van der Waals surface area contributed by atoms with Gasteiger partial charge in [-0.15, -0.1) is 24.0 Å². The lowest BCUT2D eigenvalue weighted by Gasteiger charge is -2.31. The van der Waals surface area contributed by atoms with Gasteiger partial charge < -0.3 is 20.1 Å². The van der Waals surface area contributed by atoms with E-state index in [0.717, 1.165) is 58.2 Å². The zero-order valence-corrected chi connectivity index (χ0v) is 15.5. The van der Waals surface area contributed by atoms with Crippen LogP contribution in [0.1, 0.15) is 39.0 Å². The molecule has 0 aromatic rings. The van der Waals surface area contributed by atoms with E-state index in [9.17, 15) is 0 Å². The Labute approximate surface area is 145 Å². The highest BCUT2D eigenvalue weighted by atomic mass is 127. The Balaban J connectivity index is 0.00000220. The Morgan fingerprint density at radius 3 is 2.76 bits per heavy atom. The van der Waals surface area contributed by atoms with E-state index in [-0.39, 0.29) is 24.0 Å². The van der Waals surface area contributed by atoms with Gasteiger partial charge in [-0.25, -0.2) is 0 Å². The Morgan fingerprint density at radius 2 is 2.10 bits per heavy atom. The van der Waals surface area contributed by atoms with Crippen molar-refractivity contribution >= 4 is 29.9 Å². The highest BCUT2D eigenvalue weighted by Gasteiger charge is 2.17. The van der Waals surface area contributed by atoms with Crippen LogP contribution in [0.5, 0.6) is 0 Å². The molecule has 2 rings (SSSR count). The molecule has 5 nitrogen and oxygen atoms in total. The number of guanidine groups is 1. The van der Waals surface area contributed by atoms with Gasteiger partial charge in [0, 0.05) is 32.8 Å². The van der Waals surface area contributed by atoms with Crippen LogP contribution in [-0.4, -0.2) is 56.4 Å². The first kappa shape index (κ1) is 19.0. The third-order valence-electron chi connectivity index (χ3n) is 4.16. The summed E-state index contributed by atoms with van der Waals surface area (Å²) in [5.74, 6) is 1.53. The molecule has 0 radical (unpaired) electrons. The van der Waals surface area contributed by atoms with E-state index in [1.165, 1.54) is 19.3 Å². The lowest BCUT2D eigenvalue weighted by molar-refractivity contribution is 0.0170. The highest BCUT2D eigenvalue weighted by Crippen LogP contribution is 2.15. The molecule has 0 saturated carbocycles. The third kappa shape index (κ3) is 7.15. The summed E-state index contributed by atoms with van der Waals surface area (Å²) in [6, 6.07) is 0. The van der Waals surface area contributed by atoms with Gasteiger partial charge in [0.25, 0.3) is 0 Å². The normalized spacial score (nSPS) is 24.1. The van der Waals surface area contributed by atoms with Crippen molar-refractivity contribution in [2.24, 2.45) is 16.6 Å². The molecule has 1 atom stereocenters. The van der Waals surface area contributed by atoms with Crippen molar-refractivity contribution in [2.75, 3.05) is 39.5 Å². The van der Waals surface area contributed by atoms with Gasteiger partial charge in [0.05, 0.1) is 12.7 Å². The van der Waals surface area contributed by atoms with E-state index >= 15 is 0 Å². The second kappa shape index (κ2) is 10.6. The van der Waals surface area contributed by atoms with Crippen LogP contribution in [0.4, 0.5) is 0 Å². The van der Waals surface area contributed by atoms with Gasteiger partial charge in [-0.1, -0.05) is 6.92 Å². The first-order valence-corrected chi connectivity index (χ1v) is 8.00. The SMILES string of the molecule is CC1CCN(C(N)=NCCCOCC2CCCO2)CC1.I. The van der Waals surface area contributed by atoms with Crippen LogP contribution in [0.25, 0.3) is 0 Å². The van der Waals surface area contributed by atoms with Gasteiger partial charge in [-0.2, -0.15) is 0 Å². The molecule has 0 aromatic carbocycles. The fourth-order valence-electron chi connectivity index (χ4n) is 2.69. The molecule has 0 aliphatic carbocycles. The van der Waals surface area contributed by atoms with Crippen LogP contribution in [0.15, 0.2) is 4.99 Å². The molecule has 2 saturated heterocycles. The topological polar surface area (TPSA) is 60.1 Å². The van der Waals surface area contributed by atoms with Crippen molar-refractivity contribution in [1.29, 1.82) is 0 Å². The van der Waals surface area contributed by atoms with Gasteiger partial charge >= 0.3 is 0 Å². The highest BCUT2D eigenvalue weighted by molar-refractivity contribution is 14.0. The van der Waals surface area contributed by atoms with Crippen LogP contribution < -0.4 is 5.73 Å². The Morgan fingerprint density at radius 1 is 1.33 bits per heavy atom. The van der Waals surface area contributed by atoms with Gasteiger partial charge in [0.2, 0.25) is 0 Å². The Hall–Kier alpha value is -0.0800. The zero-order valence-electron chi connectivity index (χ0n) is 13.1. The van der Waals surface area contributed by atoms with Crippen LogP contribution in [0, 0.1) is 5.92 Å². The number of hydrogen-bond donors (Lipinski definition) is 1. The number of piperidine rings is 1. The summed E-state index contributed by atoms with van der Waals surface area (Å²) >= 11 is 0. The minimum Gasteiger partial charge on any atom is -0.379 e. The predicted octanol–water partition coefficient (Wildman–Crippen LogP) is 2.24. The number of nitrogens with zero attached hydrogens (tertiary/aromatic N) is 2. The molecule has 2 aliphatic rings. The molecule has 2 fully saturated rings. The van der Waals surface area contributed by atoms with E-state index in [1.54, 1.807) is 0 Å². The maximum Gasteiger partial charge on any atom is 0.191 e. The first-order chi connectivity index (χ1) is 9.75. The standard InChI is InChI=1S/C15H29N3O2.HI/c1-13-5-8-18(9-6-13)15(16)17-7-3-10-19-12-14-4-2-11-20-14;/h13-14H,2-12H2,1H3,(H2,16,17);1H. The van der Waals surface area contributed by atoms with Gasteiger partial charge in [-0.05, 0) is 38.0 Å². The number of aliphatic imine (C=N–C) groups is 1. The molecule has 0 spiro atoms. The minimum absolute atomic E-state index is 0. The first-order valence-electron chi connectivity index (χ1n) is 8.00. The second-order valence-corrected chi connectivity index (χ2v) is 5.97. The largest absolute Gasteiger partial charge is 0.379 e. The second-order valence-electron chi connectivity index (χ2n) is 5.97. The van der Waals surface area contributed by atoms with Gasteiger partial charge in [0.1, 0.15) is 0 Å². The maximum atomic E-state index is 6.02. The summed E-state index contributed by atoms with van der Waals surface area (Å²) in [5, 5.41) is 0. The van der Waals surface area contributed by atoms with E-state index in [1.807, 2.05) is 0 Å². The average Bonchev–Trinajstić information content (AvgIpc) is 2.96. The van der Waals surface area contributed by atoms with Crippen LogP contribution in [-0.2, 0) is 9.47 Å².